The van der Waals surface area contributed by atoms with Gasteiger partial charge >= 0.3 is 5.97 Å². The maximum Gasteiger partial charge on any atom is 0.335 e. The first kappa shape index (κ1) is 22.0. The first-order chi connectivity index (χ1) is 15.0. The Morgan fingerprint density at radius 3 is 2.45 bits per heavy atom. The fraction of sp³-hybridized carbons (Fsp3) is 0.522. The van der Waals surface area contributed by atoms with Crippen molar-refractivity contribution in [1.82, 2.24) is 9.47 Å². The van der Waals surface area contributed by atoms with Gasteiger partial charge in [0.05, 0.1) is 35.3 Å². The second-order valence-electron chi connectivity index (χ2n) is 8.27. The molecule has 1 saturated carbocycles. The number of hydrogen-bond donors (Lipinski definition) is 1. The zero-order chi connectivity index (χ0) is 22.0. The van der Waals surface area contributed by atoms with Crippen LogP contribution in [0.2, 0.25) is 0 Å². The van der Waals surface area contributed by atoms with Gasteiger partial charge in [-0.2, -0.15) is 0 Å². The minimum atomic E-state index is -1.03. The lowest BCUT2D eigenvalue weighted by molar-refractivity contribution is -0.135. The smallest absolute Gasteiger partial charge is 0.335 e. The number of carbonyl (C=O) groups excluding carboxylic acids is 2. The van der Waals surface area contributed by atoms with Crippen LogP contribution in [0.25, 0.3) is 10.9 Å². The summed E-state index contributed by atoms with van der Waals surface area (Å²) in [4.78, 5) is 39.6. The second-order valence-corrected chi connectivity index (χ2v) is 8.83. The van der Waals surface area contributed by atoms with Gasteiger partial charge in [-0.25, -0.2) is 4.79 Å². The Morgan fingerprint density at radius 2 is 1.81 bits per heavy atom. The number of aromatic nitrogens is 1. The Kier molecular flexibility index (Phi) is 6.77. The molecule has 0 atom stereocenters. The van der Waals surface area contributed by atoms with Gasteiger partial charge in [-0.05, 0) is 36.5 Å². The van der Waals surface area contributed by atoms with Gasteiger partial charge in [0.1, 0.15) is 6.54 Å². The molecule has 0 unspecified atom stereocenters. The van der Waals surface area contributed by atoms with Gasteiger partial charge in [0, 0.05) is 18.5 Å². The van der Waals surface area contributed by atoms with Crippen molar-refractivity contribution in [3.63, 3.8) is 0 Å². The topological polar surface area (TPSA) is 88.8 Å². The van der Waals surface area contributed by atoms with Crippen LogP contribution in [-0.2, 0) is 16.1 Å². The van der Waals surface area contributed by atoms with Crippen LogP contribution in [0.1, 0.15) is 64.4 Å². The van der Waals surface area contributed by atoms with Gasteiger partial charge in [-0.1, -0.05) is 41.3 Å². The van der Waals surface area contributed by atoms with E-state index in [0.29, 0.717) is 37.5 Å². The standard InChI is InChI=1S/C23H27BrN2O5/c24-13-19(27)22-21(15-4-2-1-3-5-15)17-7-6-16(23(29)30)12-18(17)26(22)14-20(28)25-8-10-31-11-9-25/h6-7,12,15H,1-5,8-11,13-14H2,(H,29,30). The number of Topliss-reactive ketones (excluding diaryl/α,β-unsaturated/α-hetero) is 1. The predicted octanol–water partition coefficient (Wildman–Crippen LogP) is 3.82. The molecule has 2 fully saturated rings. The lowest BCUT2D eigenvalue weighted by Gasteiger charge is -2.27. The Balaban J connectivity index is 1.87. The average Bonchev–Trinajstić information content (AvgIpc) is 3.13. The molecule has 2 aromatic rings. The van der Waals surface area contributed by atoms with E-state index < -0.39 is 5.97 Å². The lowest BCUT2D eigenvalue weighted by atomic mass is 9.82. The molecule has 7 nitrogen and oxygen atoms in total. The van der Waals surface area contributed by atoms with Gasteiger partial charge in [0.15, 0.2) is 5.78 Å². The number of amides is 1. The van der Waals surface area contributed by atoms with Crippen LogP contribution in [0.3, 0.4) is 0 Å². The summed E-state index contributed by atoms with van der Waals surface area (Å²) in [5.41, 5.74) is 2.32. The van der Waals surface area contributed by atoms with E-state index in [-0.39, 0.29) is 35.0 Å². The van der Waals surface area contributed by atoms with E-state index in [2.05, 4.69) is 15.9 Å². The lowest BCUT2D eigenvalue weighted by Crippen LogP contribution is -2.42. The van der Waals surface area contributed by atoms with E-state index in [4.69, 9.17) is 4.74 Å². The molecule has 1 N–H and O–H groups in total. The molecule has 1 aliphatic heterocycles. The number of benzene rings is 1. The average molecular weight is 491 g/mol. The summed E-state index contributed by atoms with van der Waals surface area (Å²) < 4.78 is 7.11. The van der Waals surface area contributed by atoms with Crippen molar-refractivity contribution in [3.05, 3.63) is 35.0 Å². The van der Waals surface area contributed by atoms with Crippen LogP contribution < -0.4 is 0 Å². The third-order valence-electron chi connectivity index (χ3n) is 6.41. The van der Waals surface area contributed by atoms with Gasteiger partial charge in [0.2, 0.25) is 5.91 Å². The minimum absolute atomic E-state index is 0.0143. The van der Waals surface area contributed by atoms with Crippen molar-refractivity contribution in [2.24, 2.45) is 0 Å². The molecular weight excluding hydrogens is 464 g/mol. The van der Waals surface area contributed by atoms with Crippen LogP contribution in [0.15, 0.2) is 18.2 Å². The molecule has 0 spiro atoms. The third-order valence-corrected chi connectivity index (χ3v) is 6.92. The number of alkyl halides is 1. The number of carbonyl (C=O) groups is 3. The molecule has 166 valence electrons. The largest absolute Gasteiger partial charge is 0.478 e. The molecule has 2 heterocycles. The summed E-state index contributed by atoms with van der Waals surface area (Å²) in [6, 6.07) is 5.00. The van der Waals surface area contributed by atoms with Crippen LogP contribution in [-0.4, -0.2) is 63.9 Å². The highest BCUT2D eigenvalue weighted by atomic mass is 79.9. The summed E-state index contributed by atoms with van der Waals surface area (Å²) in [6.45, 7) is 2.06. The summed E-state index contributed by atoms with van der Waals surface area (Å²) in [7, 11) is 0. The second kappa shape index (κ2) is 9.53. The van der Waals surface area contributed by atoms with Crippen LogP contribution in [0.5, 0.6) is 0 Å². The number of hydrogen-bond acceptors (Lipinski definition) is 4. The Hall–Kier alpha value is -2.19. The Morgan fingerprint density at radius 1 is 1.10 bits per heavy atom. The van der Waals surface area contributed by atoms with Crippen molar-refractivity contribution in [2.75, 3.05) is 31.6 Å². The van der Waals surface area contributed by atoms with Gasteiger partial charge in [-0.15, -0.1) is 0 Å². The maximum atomic E-state index is 13.1. The molecule has 1 aliphatic carbocycles. The first-order valence-electron chi connectivity index (χ1n) is 10.9. The summed E-state index contributed by atoms with van der Waals surface area (Å²) >= 11 is 3.31. The monoisotopic (exact) mass is 490 g/mol. The van der Waals surface area contributed by atoms with Crippen LogP contribution in [0.4, 0.5) is 0 Å². The number of carboxylic acid groups (broad SMARTS) is 1. The number of morpholine rings is 1. The number of nitrogens with zero attached hydrogens (tertiary/aromatic N) is 2. The molecular formula is C23H27BrN2O5. The summed E-state index contributed by atoms with van der Waals surface area (Å²) in [5, 5.41) is 10.6. The van der Waals surface area contributed by atoms with Gasteiger partial charge in [0.25, 0.3) is 0 Å². The molecule has 1 aromatic heterocycles. The fourth-order valence-electron chi connectivity index (χ4n) is 4.89. The van der Waals surface area contributed by atoms with Gasteiger partial charge in [-0.3, -0.25) is 9.59 Å². The number of fused-ring (bicyclic) bond motifs is 1. The number of ketones is 1. The van der Waals surface area contributed by atoms with Crippen molar-refractivity contribution < 1.29 is 24.2 Å². The van der Waals surface area contributed by atoms with Crippen molar-refractivity contribution in [2.45, 2.75) is 44.6 Å². The number of ether oxygens (including phenoxy) is 1. The van der Waals surface area contributed by atoms with E-state index in [1.165, 1.54) is 6.42 Å². The zero-order valence-corrected chi connectivity index (χ0v) is 19.0. The molecule has 0 bridgehead atoms. The van der Waals surface area contributed by atoms with Crippen molar-refractivity contribution in [1.29, 1.82) is 0 Å². The normalized spacial score (nSPS) is 17.8. The molecule has 2 aliphatic rings. The number of rotatable bonds is 6. The fourth-order valence-corrected chi connectivity index (χ4v) is 5.16. The van der Waals surface area contributed by atoms with Crippen LogP contribution >= 0.6 is 15.9 Å². The van der Waals surface area contributed by atoms with Gasteiger partial charge < -0.3 is 19.3 Å². The molecule has 0 radical (unpaired) electrons. The van der Waals surface area contributed by atoms with Crippen molar-refractivity contribution in [3.8, 4) is 0 Å². The van der Waals surface area contributed by atoms with E-state index in [0.717, 1.165) is 36.6 Å². The molecule has 31 heavy (non-hydrogen) atoms. The zero-order valence-electron chi connectivity index (χ0n) is 17.4. The molecule has 1 aromatic carbocycles. The predicted molar refractivity (Wildman–Crippen MR) is 120 cm³/mol. The molecule has 8 heteroatoms. The van der Waals surface area contributed by atoms with Crippen LogP contribution in [0, 0.1) is 0 Å². The first-order valence-corrected chi connectivity index (χ1v) is 12.0. The highest BCUT2D eigenvalue weighted by Gasteiger charge is 2.30. The highest BCUT2D eigenvalue weighted by Crippen LogP contribution is 2.41. The quantitative estimate of drug-likeness (QED) is 0.490. The van der Waals surface area contributed by atoms with E-state index in [9.17, 15) is 19.5 Å². The Bertz CT molecular complexity index is 1000. The summed E-state index contributed by atoms with van der Waals surface area (Å²) in [5.74, 6) is -0.949. The third kappa shape index (κ3) is 4.41. The SMILES string of the molecule is O=C(O)c1ccc2c(C3CCCCC3)c(C(=O)CBr)n(CC(=O)N3CCOCC3)c2c1. The van der Waals surface area contributed by atoms with Crippen molar-refractivity contribution >= 4 is 44.5 Å². The summed E-state index contributed by atoms with van der Waals surface area (Å²) in [6.07, 6.45) is 5.41. The molecule has 1 amide bonds. The molecule has 4 rings (SSSR count). The van der Waals surface area contributed by atoms with E-state index >= 15 is 0 Å². The highest BCUT2D eigenvalue weighted by molar-refractivity contribution is 9.09. The number of carboxylic acids is 1. The minimum Gasteiger partial charge on any atom is -0.478 e. The van der Waals surface area contributed by atoms with E-state index in [1.807, 2.05) is 6.07 Å². The Labute approximate surface area is 189 Å². The number of aromatic carboxylic acids is 1. The van der Waals surface area contributed by atoms with E-state index in [1.54, 1.807) is 21.6 Å². The molecule has 1 saturated heterocycles. The maximum absolute atomic E-state index is 13.1. The number of halogens is 1.